The SMILES string of the molecule is CC(O)c1ccc(C=C2SC(=O)NC2=O)cc1. The monoisotopic (exact) mass is 249 g/mol. The summed E-state index contributed by atoms with van der Waals surface area (Å²) in [6.07, 6.45) is 1.14. The number of aliphatic hydroxyl groups is 1. The van der Waals surface area contributed by atoms with E-state index in [0.29, 0.717) is 4.91 Å². The zero-order valence-corrected chi connectivity index (χ0v) is 9.95. The molecule has 2 amide bonds. The maximum atomic E-state index is 11.3. The van der Waals surface area contributed by atoms with Crippen molar-refractivity contribution in [1.29, 1.82) is 0 Å². The van der Waals surface area contributed by atoms with Crippen LogP contribution < -0.4 is 5.32 Å². The van der Waals surface area contributed by atoms with Crippen molar-refractivity contribution >= 4 is 29.0 Å². The van der Waals surface area contributed by atoms with Crippen LogP contribution in [0.5, 0.6) is 0 Å². The molecule has 0 saturated carbocycles. The average Bonchev–Trinajstić information content (AvgIpc) is 2.58. The summed E-state index contributed by atoms with van der Waals surface area (Å²) >= 11 is 0.891. The maximum Gasteiger partial charge on any atom is 0.290 e. The second-order valence-electron chi connectivity index (χ2n) is 3.69. The zero-order valence-electron chi connectivity index (χ0n) is 9.14. The number of hydrogen-bond donors (Lipinski definition) is 2. The molecule has 2 rings (SSSR count). The molecule has 1 aromatic carbocycles. The minimum Gasteiger partial charge on any atom is -0.389 e. The van der Waals surface area contributed by atoms with Gasteiger partial charge in [0.05, 0.1) is 11.0 Å². The largest absolute Gasteiger partial charge is 0.389 e. The molecule has 4 nitrogen and oxygen atoms in total. The lowest BCUT2D eigenvalue weighted by molar-refractivity contribution is -0.115. The van der Waals surface area contributed by atoms with Crippen molar-refractivity contribution < 1.29 is 14.7 Å². The fraction of sp³-hybridized carbons (Fsp3) is 0.167. The Morgan fingerprint density at radius 1 is 1.29 bits per heavy atom. The van der Waals surface area contributed by atoms with Crippen LogP contribution in [0, 0.1) is 0 Å². The van der Waals surface area contributed by atoms with E-state index in [-0.39, 0.29) is 11.1 Å². The number of nitrogens with one attached hydrogen (secondary N) is 1. The van der Waals surface area contributed by atoms with Crippen LogP contribution in [-0.4, -0.2) is 16.3 Å². The summed E-state index contributed by atoms with van der Waals surface area (Å²) < 4.78 is 0. The first-order valence-corrected chi connectivity index (χ1v) is 5.91. The van der Waals surface area contributed by atoms with Gasteiger partial charge in [-0.3, -0.25) is 14.9 Å². The van der Waals surface area contributed by atoms with Gasteiger partial charge in [0.25, 0.3) is 11.1 Å². The maximum absolute atomic E-state index is 11.3. The smallest absolute Gasteiger partial charge is 0.290 e. The van der Waals surface area contributed by atoms with Crippen molar-refractivity contribution in [3.63, 3.8) is 0 Å². The van der Waals surface area contributed by atoms with Gasteiger partial charge < -0.3 is 5.11 Å². The Morgan fingerprint density at radius 3 is 2.41 bits per heavy atom. The van der Waals surface area contributed by atoms with Crippen LogP contribution in [0.2, 0.25) is 0 Å². The second-order valence-corrected chi connectivity index (χ2v) is 4.71. The van der Waals surface area contributed by atoms with Crippen molar-refractivity contribution in [2.45, 2.75) is 13.0 Å². The lowest BCUT2D eigenvalue weighted by Crippen LogP contribution is -2.17. The van der Waals surface area contributed by atoms with Gasteiger partial charge in [0, 0.05) is 0 Å². The van der Waals surface area contributed by atoms with Crippen molar-refractivity contribution in [3.8, 4) is 0 Å². The third-order valence-electron chi connectivity index (χ3n) is 2.36. The van der Waals surface area contributed by atoms with Gasteiger partial charge in [-0.1, -0.05) is 24.3 Å². The van der Waals surface area contributed by atoms with E-state index in [0.717, 1.165) is 22.9 Å². The fourth-order valence-electron chi connectivity index (χ4n) is 1.44. The summed E-state index contributed by atoms with van der Waals surface area (Å²) in [5.74, 6) is -0.361. The van der Waals surface area contributed by atoms with E-state index in [4.69, 9.17) is 0 Å². The topological polar surface area (TPSA) is 66.4 Å². The molecular weight excluding hydrogens is 238 g/mol. The number of amides is 2. The van der Waals surface area contributed by atoms with Crippen LogP contribution in [0.25, 0.3) is 6.08 Å². The van der Waals surface area contributed by atoms with Crippen LogP contribution in [-0.2, 0) is 4.79 Å². The van der Waals surface area contributed by atoms with Gasteiger partial charge in [-0.25, -0.2) is 0 Å². The number of rotatable bonds is 2. The van der Waals surface area contributed by atoms with E-state index < -0.39 is 6.10 Å². The van der Waals surface area contributed by atoms with Crippen LogP contribution in [0.4, 0.5) is 4.79 Å². The second kappa shape index (κ2) is 4.73. The third-order valence-corrected chi connectivity index (χ3v) is 3.17. The highest BCUT2D eigenvalue weighted by Gasteiger charge is 2.24. The summed E-state index contributed by atoms with van der Waals surface area (Å²) in [4.78, 5) is 22.6. The minimum absolute atomic E-state index is 0.346. The van der Waals surface area contributed by atoms with Gasteiger partial charge in [0.1, 0.15) is 0 Å². The van der Waals surface area contributed by atoms with Crippen molar-refractivity contribution in [1.82, 2.24) is 5.32 Å². The quantitative estimate of drug-likeness (QED) is 0.787. The Labute approximate surface area is 103 Å². The van der Waals surface area contributed by atoms with E-state index in [1.807, 2.05) is 0 Å². The number of benzene rings is 1. The molecule has 1 saturated heterocycles. The summed E-state index contributed by atoms with van der Waals surface area (Å²) in [6.45, 7) is 1.69. The van der Waals surface area contributed by atoms with Gasteiger partial charge in [-0.05, 0) is 35.9 Å². The van der Waals surface area contributed by atoms with Gasteiger partial charge in [0.2, 0.25) is 0 Å². The predicted molar refractivity (Wildman–Crippen MR) is 66.2 cm³/mol. The Kier molecular flexibility index (Phi) is 3.31. The average molecular weight is 249 g/mol. The van der Waals surface area contributed by atoms with Crippen LogP contribution >= 0.6 is 11.8 Å². The van der Waals surface area contributed by atoms with Gasteiger partial charge >= 0.3 is 0 Å². The third kappa shape index (κ3) is 2.75. The van der Waals surface area contributed by atoms with Gasteiger partial charge in [-0.15, -0.1) is 0 Å². The molecule has 1 aromatic rings. The molecule has 1 aliphatic rings. The van der Waals surface area contributed by atoms with Crippen LogP contribution in [0.3, 0.4) is 0 Å². The van der Waals surface area contributed by atoms with Gasteiger partial charge in [-0.2, -0.15) is 0 Å². The Bertz CT molecular complexity index is 491. The number of carbonyl (C=O) groups excluding carboxylic acids is 2. The van der Waals surface area contributed by atoms with E-state index >= 15 is 0 Å². The molecule has 2 N–H and O–H groups in total. The van der Waals surface area contributed by atoms with Crippen LogP contribution in [0.15, 0.2) is 29.2 Å². The zero-order chi connectivity index (χ0) is 12.4. The first-order valence-electron chi connectivity index (χ1n) is 5.09. The van der Waals surface area contributed by atoms with E-state index in [1.165, 1.54) is 0 Å². The predicted octanol–water partition coefficient (Wildman–Crippen LogP) is 2.06. The first kappa shape index (κ1) is 11.9. The molecule has 5 heteroatoms. The highest BCUT2D eigenvalue weighted by Crippen LogP contribution is 2.25. The molecule has 0 bridgehead atoms. The Hall–Kier alpha value is -1.59. The molecule has 1 aliphatic heterocycles. The summed E-state index contributed by atoms with van der Waals surface area (Å²) in [5, 5.41) is 11.2. The minimum atomic E-state index is -0.512. The number of hydrogen-bond acceptors (Lipinski definition) is 4. The number of imide groups is 1. The lowest BCUT2D eigenvalue weighted by Gasteiger charge is -2.04. The normalized spacial score (nSPS) is 19.5. The number of carbonyl (C=O) groups is 2. The molecule has 1 atom stereocenters. The van der Waals surface area contributed by atoms with E-state index in [2.05, 4.69) is 5.32 Å². The first-order chi connectivity index (χ1) is 8.06. The molecule has 1 heterocycles. The molecule has 0 spiro atoms. The molecule has 0 aromatic heterocycles. The van der Waals surface area contributed by atoms with Crippen molar-refractivity contribution in [3.05, 3.63) is 40.3 Å². The highest BCUT2D eigenvalue weighted by atomic mass is 32.2. The molecular formula is C12H11NO3S. The lowest BCUT2D eigenvalue weighted by atomic mass is 10.1. The summed E-state index contributed by atoms with van der Waals surface area (Å²) in [7, 11) is 0. The van der Waals surface area contributed by atoms with E-state index in [1.54, 1.807) is 37.3 Å². The van der Waals surface area contributed by atoms with Crippen LogP contribution in [0.1, 0.15) is 24.2 Å². The Morgan fingerprint density at radius 2 is 1.94 bits per heavy atom. The molecule has 0 radical (unpaired) electrons. The van der Waals surface area contributed by atoms with Gasteiger partial charge in [0.15, 0.2) is 0 Å². The molecule has 17 heavy (non-hydrogen) atoms. The number of thioether (sulfide) groups is 1. The van der Waals surface area contributed by atoms with Crippen molar-refractivity contribution in [2.75, 3.05) is 0 Å². The summed E-state index contributed by atoms with van der Waals surface area (Å²) in [5.41, 5.74) is 1.63. The fourth-order valence-corrected chi connectivity index (χ4v) is 2.13. The number of aliphatic hydroxyl groups excluding tert-OH is 1. The van der Waals surface area contributed by atoms with E-state index in [9.17, 15) is 14.7 Å². The summed E-state index contributed by atoms with van der Waals surface area (Å²) in [6, 6.07) is 7.17. The Balaban J connectivity index is 2.21. The molecule has 1 fully saturated rings. The highest BCUT2D eigenvalue weighted by molar-refractivity contribution is 8.18. The molecule has 1 unspecified atom stereocenters. The van der Waals surface area contributed by atoms with Crippen molar-refractivity contribution in [2.24, 2.45) is 0 Å². The molecule has 0 aliphatic carbocycles. The standard InChI is InChI=1S/C12H11NO3S/c1-7(14)9-4-2-8(3-5-9)6-10-11(15)13-12(16)17-10/h2-7,14H,1H3,(H,13,15,16). The molecule has 88 valence electrons.